The lowest BCUT2D eigenvalue weighted by atomic mass is 10.1. The number of hydrogen-bond acceptors (Lipinski definition) is 4. The Morgan fingerprint density at radius 3 is 2.70 bits per heavy atom. The Balaban J connectivity index is 1.77. The van der Waals surface area contributed by atoms with E-state index in [1.807, 2.05) is 18.2 Å². The highest BCUT2D eigenvalue weighted by molar-refractivity contribution is 5.70. The molecule has 5 heteroatoms. The third kappa shape index (κ3) is 5.84. The molecule has 1 amide bonds. The second-order valence-electron chi connectivity index (χ2n) is 6.33. The summed E-state index contributed by atoms with van der Waals surface area (Å²) in [5.41, 5.74) is 1.21. The van der Waals surface area contributed by atoms with Crippen LogP contribution in [0.3, 0.4) is 0 Å². The summed E-state index contributed by atoms with van der Waals surface area (Å²) in [4.78, 5) is 18.6. The first kappa shape index (κ1) is 17.8. The van der Waals surface area contributed by atoms with Crippen molar-refractivity contribution >= 4 is 6.09 Å². The molecule has 23 heavy (non-hydrogen) atoms. The Kier molecular flexibility index (Phi) is 6.86. The lowest BCUT2D eigenvalue weighted by Gasteiger charge is -2.33. The van der Waals surface area contributed by atoms with Crippen LogP contribution in [0.25, 0.3) is 0 Å². The first-order valence-corrected chi connectivity index (χ1v) is 8.51. The van der Waals surface area contributed by atoms with Crippen LogP contribution in [0.2, 0.25) is 0 Å². The minimum Gasteiger partial charge on any atom is -0.410 e. The fourth-order valence-corrected chi connectivity index (χ4v) is 2.69. The predicted molar refractivity (Wildman–Crippen MR) is 93.0 cm³/mol. The molecule has 1 aromatic rings. The van der Waals surface area contributed by atoms with Crippen LogP contribution in [0.1, 0.15) is 18.9 Å². The van der Waals surface area contributed by atoms with Gasteiger partial charge in [0.05, 0.1) is 0 Å². The second kappa shape index (κ2) is 8.89. The van der Waals surface area contributed by atoms with E-state index >= 15 is 0 Å². The molecule has 0 atom stereocenters. The fourth-order valence-electron chi connectivity index (χ4n) is 2.69. The highest BCUT2D eigenvalue weighted by Crippen LogP contribution is 2.15. The van der Waals surface area contributed by atoms with E-state index in [2.05, 4.69) is 29.8 Å². The third-order valence-electron chi connectivity index (χ3n) is 4.30. The number of aryl methyl sites for hydroxylation is 1. The molecule has 1 aliphatic rings. The van der Waals surface area contributed by atoms with Crippen molar-refractivity contribution in [3.8, 4) is 5.75 Å². The van der Waals surface area contributed by atoms with Crippen molar-refractivity contribution in [3.63, 3.8) is 0 Å². The maximum absolute atomic E-state index is 12.2. The molecule has 128 valence electrons. The van der Waals surface area contributed by atoms with Gasteiger partial charge in [-0.1, -0.05) is 25.5 Å². The summed E-state index contributed by atoms with van der Waals surface area (Å²) in [7, 11) is 3.95. The van der Waals surface area contributed by atoms with Gasteiger partial charge in [-0.3, -0.25) is 4.90 Å². The largest absolute Gasteiger partial charge is 0.415 e. The summed E-state index contributed by atoms with van der Waals surface area (Å²) >= 11 is 0. The van der Waals surface area contributed by atoms with Gasteiger partial charge in [0.2, 0.25) is 0 Å². The van der Waals surface area contributed by atoms with Gasteiger partial charge < -0.3 is 14.5 Å². The molecule has 1 aliphatic heterocycles. The average Bonchev–Trinajstić information content (AvgIpc) is 2.54. The van der Waals surface area contributed by atoms with Crippen LogP contribution in [-0.4, -0.2) is 74.2 Å². The zero-order valence-corrected chi connectivity index (χ0v) is 14.6. The normalized spacial score (nSPS) is 16.3. The van der Waals surface area contributed by atoms with Crippen LogP contribution in [-0.2, 0) is 6.42 Å². The lowest BCUT2D eigenvalue weighted by Crippen LogP contribution is -2.47. The van der Waals surface area contributed by atoms with Gasteiger partial charge in [-0.25, -0.2) is 4.79 Å². The van der Waals surface area contributed by atoms with Gasteiger partial charge in [-0.2, -0.15) is 0 Å². The minimum absolute atomic E-state index is 0.284. The molecular formula is C18H29N3O2. The zero-order chi connectivity index (χ0) is 16.7. The van der Waals surface area contributed by atoms with E-state index in [-0.39, 0.29) is 6.09 Å². The Hall–Kier alpha value is -1.59. The van der Waals surface area contributed by atoms with E-state index in [4.69, 9.17) is 4.74 Å². The summed E-state index contributed by atoms with van der Waals surface area (Å²) < 4.78 is 5.48. The number of carbonyl (C=O) groups is 1. The number of benzene rings is 1. The molecule has 0 radical (unpaired) electrons. The number of likely N-dealkylation sites (N-methyl/N-ethyl adjacent to an activating group) is 2. The molecular weight excluding hydrogens is 290 g/mol. The molecule has 1 saturated heterocycles. The van der Waals surface area contributed by atoms with Gasteiger partial charge >= 0.3 is 6.09 Å². The molecule has 0 aliphatic carbocycles. The van der Waals surface area contributed by atoms with Crippen LogP contribution in [0.5, 0.6) is 5.75 Å². The molecule has 0 spiro atoms. The summed E-state index contributed by atoms with van der Waals surface area (Å²) in [6.45, 7) is 8.06. The Bertz CT molecular complexity index is 499. The predicted octanol–water partition coefficient (Wildman–Crippen LogP) is 2.32. The summed E-state index contributed by atoms with van der Waals surface area (Å²) in [6.07, 6.45) is 1.81. The first-order chi connectivity index (χ1) is 11.1. The minimum atomic E-state index is -0.284. The molecule has 1 heterocycles. The highest BCUT2D eigenvalue weighted by Gasteiger charge is 2.16. The quantitative estimate of drug-likeness (QED) is 0.806. The van der Waals surface area contributed by atoms with Crippen LogP contribution in [0.15, 0.2) is 24.3 Å². The molecule has 0 aromatic heterocycles. The third-order valence-corrected chi connectivity index (χ3v) is 4.30. The maximum atomic E-state index is 12.2. The Morgan fingerprint density at radius 2 is 2.00 bits per heavy atom. The number of nitrogens with zero attached hydrogens (tertiary/aromatic N) is 3. The molecule has 0 N–H and O–H groups in total. The van der Waals surface area contributed by atoms with Crippen molar-refractivity contribution in [3.05, 3.63) is 29.8 Å². The average molecular weight is 319 g/mol. The SMILES string of the molecule is CCCc1cccc(OC(=O)N(C)CCN2CCN(C)CC2)c1. The standard InChI is InChI=1S/C18H29N3O2/c1-4-6-16-7-5-8-17(15-16)23-18(22)20(3)11-14-21-12-9-19(2)10-13-21/h5,7-8,15H,4,6,9-14H2,1-3H3. The van der Waals surface area contributed by atoms with Crippen molar-refractivity contribution in [2.24, 2.45) is 0 Å². The highest BCUT2D eigenvalue weighted by atomic mass is 16.6. The summed E-state index contributed by atoms with van der Waals surface area (Å²) in [6, 6.07) is 7.80. The number of ether oxygens (including phenoxy) is 1. The van der Waals surface area contributed by atoms with Crippen LogP contribution in [0.4, 0.5) is 4.79 Å². The number of rotatable bonds is 6. The zero-order valence-electron chi connectivity index (χ0n) is 14.6. The summed E-state index contributed by atoms with van der Waals surface area (Å²) in [5.74, 6) is 0.632. The molecule has 1 fully saturated rings. The molecule has 1 aromatic carbocycles. The topological polar surface area (TPSA) is 36.0 Å². The van der Waals surface area contributed by atoms with E-state index in [0.717, 1.165) is 45.6 Å². The summed E-state index contributed by atoms with van der Waals surface area (Å²) in [5, 5.41) is 0. The number of piperazine rings is 1. The van der Waals surface area contributed by atoms with Crippen LogP contribution >= 0.6 is 0 Å². The van der Waals surface area contributed by atoms with Crippen molar-refractivity contribution < 1.29 is 9.53 Å². The monoisotopic (exact) mass is 319 g/mol. The van der Waals surface area contributed by atoms with Gasteiger partial charge in [0.15, 0.2) is 0 Å². The molecule has 0 unspecified atom stereocenters. The Labute approximate surface area is 139 Å². The van der Waals surface area contributed by atoms with E-state index < -0.39 is 0 Å². The van der Waals surface area contributed by atoms with E-state index in [9.17, 15) is 4.79 Å². The van der Waals surface area contributed by atoms with Crippen molar-refractivity contribution in [2.45, 2.75) is 19.8 Å². The van der Waals surface area contributed by atoms with E-state index in [0.29, 0.717) is 12.3 Å². The maximum Gasteiger partial charge on any atom is 0.415 e. The molecule has 0 saturated carbocycles. The fraction of sp³-hybridized carbons (Fsp3) is 0.611. The molecule has 2 rings (SSSR count). The van der Waals surface area contributed by atoms with Gasteiger partial charge in [0.1, 0.15) is 5.75 Å². The van der Waals surface area contributed by atoms with Crippen molar-refractivity contribution in [1.29, 1.82) is 0 Å². The molecule has 5 nitrogen and oxygen atoms in total. The van der Waals surface area contributed by atoms with E-state index in [1.165, 1.54) is 5.56 Å². The van der Waals surface area contributed by atoms with Gasteiger partial charge in [0, 0.05) is 46.3 Å². The Morgan fingerprint density at radius 1 is 1.26 bits per heavy atom. The molecule has 0 bridgehead atoms. The first-order valence-electron chi connectivity index (χ1n) is 8.51. The van der Waals surface area contributed by atoms with Gasteiger partial charge in [0.25, 0.3) is 0 Å². The number of amides is 1. The van der Waals surface area contributed by atoms with Gasteiger partial charge in [-0.05, 0) is 31.2 Å². The van der Waals surface area contributed by atoms with Crippen molar-refractivity contribution in [2.75, 3.05) is 53.4 Å². The van der Waals surface area contributed by atoms with Crippen LogP contribution in [0, 0.1) is 0 Å². The number of carbonyl (C=O) groups excluding carboxylic acids is 1. The lowest BCUT2D eigenvalue weighted by molar-refractivity contribution is 0.130. The second-order valence-corrected chi connectivity index (χ2v) is 6.33. The van der Waals surface area contributed by atoms with Crippen molar-refractivity contribution in [1.82, 2.24) is 14.7 Å². The smallest absolute Gasteiger partial charge is 0.410 e. The van der Waals surface area contributed by atoms with Gasteiger partial charge in [-0.15, -0.1) is 0 Å². The number of hydrogen-bond donors (Lipinski definition) is 0. The van der Waals surface area contributed by atoms with E-state index in [1.54, 1.807) is 11.9 Å². The van der Waals surface area contributed by atoms with Crippen LogP contribution < -0.4 is 4.74 Å².